The molecule has 0 radical (unpaired) electrons. The van der Waals surface area contributed by atoms with Crippen molar-refractivity contribution >= 4 is 5.97 Å². The maximum absolute atomic E-state index is 13.6. The fourth-order valence-corrected chi connectivity index (χ4v) is 3.79. The number of pyridine rings is 1. The Kier molecular flexibility index (Phi) is 8.49. The average molecular weight is 432 g/mol. The molecule has 2 heterocycles. The summed E-state index contributed by atoms with van der Waals surface area (Å²) >= 11 is 0. The van der Waals surface area contributed by atoms with Crippen molar-refractivity contribution in [1.29, 1.82) is 0 Å². The number of ether oxygens (including phenoxy) is 2. The third-order valence-electron chi connectivity index (χ3n) is 5.19. The fourth-order valence-electron chi connectivity index (χ4n) is 3.79. The van der Waals surface area contributed by atoms with Gasteiger partial charge >= 0.3 is 12.1 Å². The Morgan fingerprint density at radius 1 is 1.30 bits per heavy atom. The molecule has 1 aliphatic heterocycles. The molecule has 6 nitrogen and oxygen atoms in total. The van der Waals surface area contributed by atoms with Crippen LogP contribution in [-0.4, -0.2) is 55.4 Å². The monoisotopic (exact) mass is 432 g/mol. The number of alkyl halides is 3. The molecule has 9 heteroatoms. The van der Waals surface area contributed by atoms with Gasteiger partial charge in [0.1, 0.15) is 6.04 Å². The van der Waals surface area contributed by atoms with Crippen LogP contribution in [0, 0.1) is 11.8 Å². The quantitative estimate of drug-likeness (QED) is 0.532. The predicted molar refractivity (Wildman–Crippen MR) is 106 cm³/mol. The Hall–Kier alpha value is -1.87. The van der Waals surface area contributed by atoms with Gasteiger partial charge in [-0.3, -0.25) is 4.79 Å². The van der Waals surface area contributed by atoms with E-state index in [-0.39, 0.29) is 24.5 Å². The van der Waals surface area contributed by atoms with Crippen molar-refractivity contribution < 1.29 is 27.4 Å². The Bertz CT molecular complexity index is 770. The summed E-state index contributed by atoms with van der Waals surface area (Å²) in [5, 5.41) is 0. The lowest BCUT2D eigenvalue weighted by Gasteiger charge is -2.39. The number of aromatic nitrogens is 1. The van der Waals surface area contributed by atoms with Gasteiger partial charge < -0.3 is 18.9 Å². The van der Waals surface area contributed by atoms with Gasteiger partial charge in [0.15, 0.2) is 0 Å². The van der Waals surface area contributed by atoms with E-state index < -0.39 is 29.3 Å². The molecule has 30 heavy (non-hydrogen) atoms. The highest BCUT2D eigenvalue weighted by Crippen LogP contribution is 2.32. The molecule has 0 N–H and O–H groups in total. The van der Waals surface area contributed by atoms with E-state index in [4.69, 9.17) is 9.47 Å². The summed E-state index contributed by atoms with van der Waals surface area (Å²) in [6.07, 6.45) is -3.01. The molecular formula is C21H31F3N2O4. The molecule has 1 aliphatic rings. The smallest absolute Gasteiger partial charge is 0.416 e. The number of rotatable bonds is 10. The molecular weight excluding hydrogens is 401 g/mol. The van der Waals surface area contributed by atoms with E-state index in [9.17, 15) is 22.8 Å². The molecule has 0 bridgehead atoms. The highest BCUT2D eigenvalue weighted by Gasteiger charge is 2.36. The van der Waals surface area contributed by atoms with Gasteiger partial charge in [-0.05, 0) is 31.2 Å². The second-order valence-electron chi connectivity index (χ2n) is 8.18. The number of likely N-dealkylation sites (tertiary alicyclic amines) is 1. The van der Waals surface area contributed by atoms with Crippen LogP contribution < -0.4 is 5.56 Å². The largest absolute Gasteiger partial charge is 0.464 e. The summed E-state index contributed by atoms with van der Waals surface area (Å²) in [5.74, 6) is -0.162. The zero-order chi connectivity index (χ0) is 22.5. The van der Waals surface area contributed by atoms with Crippen LogP contribution in [0.15, 0.2) is 17.1 Å². The van der Waals surface area contributed by atoms with Crippen LogP contribution in [-0.2, 0) is 26.9 Å². The van der Waals surface area contributed by atoms with Crippen LogP contribution in [0.3, 0.4) is 0 Å². The molecule has 1 aromatic rings. The van der Waals surface area contributed by atoms with Crippen molar-refractivity contribution in [3.05, 3.63) is 33.7 Å². The lowest BCUT2D eigenvalue weighted by molar-refractivity contribution is -0.147. The molecule has 0 spiro atoms. The van der Waals surface area contributed by atoms with Crippen LogP contribution in [0.4, 0.5) is 13.2 Å². The van der Waals surface area contributed by atoms with Crippen LogP contribution >= 0.6 is 0 Å². The van der Waals surface area contributed by atoms with Crippen molar-refractivity contribution in [1.82, 2.24) is 9.47 Å². The molecule has 0 aromatic carbocycles. The van der Waals surface area contributed by atoms with Gasteiger partial charge in [-0.1, -0.05) is 13.8 Å². The van der Waals surface area contributed by atoms with E-state index in [0.29, 0.717) is 31.6 Å². The first-order valence-corrected chi connectivity index (χ1v) is 10.3. The van der Waals surface area contributed by atoms with Gasteiger partial charge in [0.2, 0.25) is 0 Å². The predicted octanol–water partition coefficient (Wildman–Crippen LogP) is 3.14. The fraction of sp³-hybridized carbons (Fsp3) is 0.714. The number of methoxy groups -OCH3 is 1. The Morgan fingerprint density at radius 3 is 2.50 bits per heavy atom. The van der Waals surface area contributed by atoms with E-state index in [1.807, 2.05) is 13.8 Å². The standard InChI is InChI=1S/C21H31F3N2O4/c1-5-30-20(28)18(8-14(2)3)26-12-16(17(9-19(26)27)21(22,23)24)6-7-25-10-15(11-25)13-29-4/h9,12,14-15,18H,5-8,10-11,13H2,1-4H3. The molecule has 0 aliphatic carbocycles. The minimum atomic E-state index is -4.64. The summed E-state index contributed by atoms with van der Waals surface area (Å²) in [6.45, 7) is 8.15. The van der Waals surface area contributed by atoms with Crippen molar-refractivity contribution in [2.45, 2.75) is 45.8 Å². The summed E-state index contributed by atoms with van der Waals surface area (Å²) in [7, 11) is 1.62. The number of carbonyl (C=O) groups is 1. The van der Waals surface area contributed by atoms with Crippen molar-refractivity contribution in [3.63, 3.8) is 0 Å². The molecule has 170 valence electrons. The molecule has 0 saturated carbocycles. The van der Waals surface area contributed by atoms with Gasteiger partial charge in [-0.25, -0.2) is 4.79 Å². The topological polar surface area (TPSA) is 60.8 Å². The Morgan fingerprint density at radius 2 is 1.97 bits per heavy atom. The minimum absolute atomic E-state index is 0.00958. The maximum atomic E-state index is 13.6. The highest BCUT2D eigenvalue weighted by molar-refractivity contribution is 5.74. The Labute approximate surface area is 175 Å². The highest BCUT2D eigenvalue weighted by atomic mass is 19.4. The van der Waals surface area contributed by atoms with Crippen molar-refractivity contribution in [2.24, 2.45) is 11.8 Å². The first-order chi connectivity index (χ1) is 14.1. The zero-order valence-corrected chi connectivity index (χ0v) is 18.0. The maximum Gasteiger partial charge on any atom is 0.416 e. The number of nitrogens with zero attached hydrogens (tertiary/aromatic N) is 2. The molecule has 1 unspecified atom stereocenters. The first kappa shape index (κ1) is 24.4. The number of hydrogen-bond acceptors (Lipinski definition) is 5. The second-order valence-corrected chi connectivity index (χ2v) is 8.18. The lowest BCUT2D eigenvalue weighted by atomic mass is 9.99. The summed E-state index contributed by atoms with van der Waals surface area (Å²) in [6, 6.07) is -0.347. The van der Waals surface area contributed by atoms with E-state index in [1.165, 1.54) is 6.20 Å². The summed E-state index contributed by atoms with van der Waals surface area (Å²) in [5.41, 5.74) is -1.78. The molecule has 0 amide bonds. The van der Waals surface area contributed by atoms with Crippen LogP contribution in [0.2, 0.25) is 0 Å². The summed E-state index contributed by atoms with van der Waals surface area (Å²) in [4.78, 5) is 27.0. The molecule has 1 atom stereocenters. The zero-order valence-electron chi connectivity index (χ0n) is 18.0. The van der Waals surface area contributed by atoms with Gasteiger partial charge in [0.25, 0.3) is 5.56 Å². The van der Waals surface area contributed by atoms with Gasteiger partial charge in [-0.2, -0.15) is 13.2 Å². The third-order valence-corrected chi connectivity index (χ3v) is 5.19. The number of halogens is 3. The minimum Gasteiger partial charge on any atom is -0.464 e. The molecule has 1 saturated heterocycles. The third kappa shape index (κ3) is 6.31. The lowest BCUT2D eigenvalue weighted by Crippen LogP contribution is -2.49. The Balaban J connectivity index is 2.31. The van der Waals surface area contributed by atoms with E-state index >= 15 is 0 Å². The van der Waals surface area contributed by atoms with E-state index in [2.05, 4.69) is 4.90 Å². The van der Waals surface area contributed by atoms with Gasteiger partial charge in [0, 0.05) is 44.9 Å². The molecule has 1 fully saturated rings. The van der Waals surface area contributed by atoms with Crippen LogP contribution in [0.25, 0.3) is 0 Å². The van der Waals surface area contributed by atoms with Gasteiger partial charge in [0.05, 0.1) is 18.8 Å². The second kappa shape index (κ2) is 10.4. The van der Waals surface area contributed by atoms with E-state index in [0.717, 1.165) is 17.7 Å². The van der Waals surface area contributed by atoms with Crippen LogP contribution in [0.5, 0.6) is 0 Å². The van der Waals surface area contributed by atoms with Crippen molar-refractivity contribution in [2.75, 3.05) is 40.0 Å². The first-order valence-electron chi connectivity index (χ1n) is 10.3. The normalized spacial score (nSPS) is 16.5. The van der Waals surface area contributed by atoms with Crippen molar-refractivity contribution in [3.8, 4) is 0 Å². The average Bonchev–Trinajstić information content (AvgIpc) is 2.61. The molecule has 1 aromatic heterocycles. The number of hydrogen-bond donors (Lipinski definition) is 0. The van der Waals surface area contributed by atoms with Crippen LogP contribution in [0.1, 0.15) is 44.4 Å². The summed E-state index contributed by atoms with van der Waals surface area (Å²) < 4.78 is 52.0. The SMILES string of the molecule is CCOC(=O)C(CC(C)C)n1cc(CCN2CC(COC)C2)c(C(F)(F)F)cc1=O. The number of esters is 1. The van der Waals surface area contributed by atoms with E-state index in [1.54, 1.807) is 14.0 Å². The number of carbonyl (C=O) groups excluding carboxylic acids is 1. The molecule has 2 rings (SSSR count). The van der Waals surface area contributed by atoms with Gasteiger partial charge in [-0.15, -0.1) is 0 Å².